The number of aromatic nitrogens is 2. The van der Waals surface area contributed by atoms with Crippen LogP contribution in [-0.4, -0.2) is 59.5 Å². The van der Waals surface area contributed by atoms with E-state index in [2.05, 4.69) is 25.3 Å². The van der Waals surface area contributed by atoms with E-state index in [0.717, 1.165) is 32.4 Å². The third-order valence-electron chi connectivity index (χ3n) is 4.77. The molecule has 128 valence electrons. The standard InChI is InChI=1S/C16H21N5O3/c22-14(19-10-12-3-1-8-23-12)13-9-16(24-20-13)4-7-21(11-16)15-17-5-2-6-18-15/h2,5-6,12H,1,3-4,7-11H2,(H,19,22)/t12-,16+/m1/s1. The molecule has 2 saturated heterocycles. The van der Waals surface area contributed by atoms with Crippen molar-refractivity contribution in [2.45, 2.75) is 37.4 Å². The second kappa shape index (κ2) is 6.35. The van der Waals surface area contributed by atoms with Crippen molar-refractivity contribution in [1.29, 1.82) is 0 Å². The number of hydrogen-bond donors (Lipinski definition) is 1. The van der Waals surface area contributed by atoms with Gasteiger partial charge in [0.1, 0.15) is 5.71 Å². The van der Waals surface area contributed by atoms with Gasteiger partial charge in [-0.1, -0.05) is 5.16 Å². The lowest BCUT2D eigenvalue weighted by Crippen LogP contribution is -2.39. The number of hydrogen-bond acceptors (Lipinski definition) is 7. The lowest BCUT2D eigenvalue weighted by molar-refractivity contribution is -0.115. The Balaban J connectivity index is 1.31. The Morgan fingerprint density at radius 2 is 2.29 bits per heavy atom. The summed E-state index contributed by atoms with van der Waals surface area (Å²) >= 11 is 0. The number of carbonyl (C=O) groups excluding carboxylic acids is 1. The van der Waals surface area contributed by atoms with Crippen molar-refractivity contribution >= 4 is 17.6 Å². The van der Waals surface area contributed by atoms with Gasteiger partial charge in [-0.2, -0.15) is 0 Å². The lowest BCUT2D eigenvalue weighted by Gasteiger charge is -2.21. The van der Waals surface area contributed by atoms with Crippen molar-refractivity contribution in [3.05, 3.63) is 18.5 Å². The number of amides is 1. The summed E-state index contributed by atoms with van der Waals surface area (Å²) in [5.74, 6) is 0.533. The monoisotopic (exact) mass is 331 g/mol. The number of nitrogens with one attached hydrogen (secondary N) is 1. The molecule has 3 aliphatic rings. The van der Waals surface area contributed by atoms with Crippen molar-refractivity contribution < 1.29 is 14.4 Å². The van der Waals surface area contributed by atoms with Gasteiger partial charge in [-0.25, -0.2) is 9.97 Å². The molecule has 0 aromatic carbocycles. The van der Waals surface area contributed by atoms with Gasteiger partial charge in [0.25, 0.3) is 5.91 Å². The van der Waals surface area contributed by atoms with Crippen LogP contribution in [0.3, 0.4) is 0 Å². The van der Waals surface area contributed by atoms with E-state index in [1.165, 1.54) is 0 Å². The molecule has 8 nitrogen and oxygen atoms in total. The smallest absolute Gasteiger partial charge is 0.269 e. The van der Waals surface area contributed by atoms with Crippen molar-refractivity contribution in [2.75, 3.05) is 31.1 Å². The van der Waals surface area contributed by atoms with E-state index in [4.69, 9.17) is 9.57 Å². The molecule has 0 bridgehead atoms. The van der Waals surface area contributed by atoms with Crippen LogP contribution in [0, 0.1) is 0 Å². The molecule has 3 aliphatic heterocycles. The highest BCUT2D eigenvalue weighted by Crippen LogP contribution is 2.35. The van der Waals surface area contributed by atoms with Gasteiger partial charge in [-0.3, -0.25) is 4.79 Å². The minimum absolute atomic E-state index is 0.128. The van der Waals surface area contributed by atoms with Crippen LogP contribution in [0.2, 0.25) is 0 Å². The summed E-state index contributed by atoms with van der Waals surface area (Å²) in [7, 11) is 0. The molecule has 1 aromatic rings. The molecule has 0 unspecified atom stereocenters. The average Bonchev–Trinajstić information content (AvgIpc) is 3.36. The normalized spacial score (nSPS) is 28.9. The van der Waals surface area contributed by atoms with Crippen LogP contribution < -0.4 is 10.2 Å². The van der Waals surface area contributed by atoms with Gasteiger partial charge in [-0.05, 0) is 18.9 Å². The molecule has 24 heavy (non-hydrogen) atoms. The molecule has 4 heterocycles. The zero-order valence-corrected chi connectivity index (χ0v) is 13.5. The summed E-state index contributed by atoms with van der Waals surface area (Å²) in [6.07, 6.45) is 6.96. The Hall–Kier alpha value is -2.22. The number of oxime groups is 1. The summed E-state index contributed by atoms with van der Waals surface area (Å²) in [6.45, 7) is 2.76. The first kappa shape index (κ1) is 15.3. The summed E-state index contributed by atoms with van der Waals surface area (Å²) < 4.78 is 5.52. The van der Waals surface area contributed by atoms with E-state index in [1.807, 2.05) is 0 Å². The minimum atomic E-state index is -0.435. The highest BCUT2D eigenvalue weighted by atomic mass is 16.7. The number of ether oxygens (including phenoxy) is 1. The van der Waals surface area contributed by atoms with Crippen molar-refractivity contribution in [3.8, 4) is 0 Å². The molecular formula is C16H21N5O3. The Morgan fingerprint density at radius 3 is 3.08 bits per heavy atom. The Morgan fingerprint density at radius 1 is 1.42 bits per heavy atom. The van der Waals surface area contributed by atoms with Crippen molar-refractivity contribution in [3.63, 3.8) is 0 Å². The Bertz CT molecular complexity index is 632. The van der Waals surface area contributed by atoms with E-state index >= 15 is 0 Å². The molecule has 0 aliphatic carbocycles. The predicted molar refractivity (Wildman–Crippen MR) is 86.7 cm³/mol. The van der Waals surface area contributed by atoms with Gasteiger partial charge in [0.15, 0.2) is 5.60 Å². The molecule has 0 radical (unpaired) electrons. The topological polar surface area (TPSA) is 88.9 Å². The number of rotatable bonds is 4. The highest BCUT2D eigenvalue weighted by molar-refractivity contribution is 6.39. The second-order valence-electron chi connectivity index (χ2n) is 6.55. The molecule has 1 aromatic heterocycles. The average molecular weight is 331 g/mol. The van der Waals surface area contributed by atoms with Crippen molar-refractivity contribution in [2.24, 2.45) is 5.16 Å². The minimum Gasteiger partial charge on any atom is -0.386 e. The molecule has 2 atom stereocenters. The van der Waals surface area contributed by atoms with Gasteiger partial charge in [0.05, 0.1) is 12.6 Å². The Labute approximate surface area is 140 Å². The van der Waals surface area contributed by atoms with Gasteiger partial charge in [-0.15, -0.1) is 0 Å². The first-order chi connectivity index (χ1) is 11.7. The maximum atomic E-state index is 12.3. The summed E-state index contributed by atoms with van der Waals surface area (Å²) in [5, 5.41) is 6.94. The summed E-state index contributed by atoms with van der Waals surface area (Å²) in [6, 6.07) is 1.79. The van der Waals surface area contributed by atoms with Crippen LogP contribution in [0.15, 0.2) is 23.6 Å². The van der Waals surface area contributed by atoms with Crippen LogP contribution in [0.5, 0.6) is 0 Å². The molecule has 2 fully saturated rings. The molecular weight excluding hydrogens is 310 g/mol. The summed E-state index contributed by atoms with van der Waals surface area (Å²) in [4.78, 5) is 28.6. The molecule has 1 N–H and O–H groups in total. The molecule has 4 rings (SSSR count). The van der Waals surface area contributed by atoms with E-state index in [9.17, 15) is 4.79 Å². The first-order valence-electron chi connectivity index (χ1n) is 8.41. The maximum absolute atomic E-state index is 12.3. The SMILES string of the molecule is O=C(NC[C@H]1CCCO1)C1=NO[C@@]2(CCN(c3ncccn3)C2)C1. The quantitative estimate of drug-likeness (QED) is 0.864. The summed E-state index contributed by atoms with van der Waals surface area (Å²) in [5.41, 5.74) is 0.0271. The molecule has 0 saturated carbocycles. The predicted octanol–water partition coefficient (Wildman–Crippen LogP) is 0.497. The van der Waals surface area contributed by atoms with Crippen LogP contribution in [-0.2, 0) is 14.4 Å². The number of nitrogens with zero attached hydrogens (tertiary/aromatic N) is 4. The molecule has 1 spiro atoms. The zero-order chi connectivity index (χ0) is 16.4. The Kier molecular flexibility index (Phi) is 4.05. The third kappa shape index (κ3) is 3.06. The zero-order valence-electron chi connectivity index (χ0n) is 13.5. The van der Waals surface area contributed by atoms with E-state index in [1.54, 1.807) is 18.5 Å². The van der Waals surface area contributed by atoms with Crippen LogP contribution in [0.25, 0.3) is 0 Å². The maximum Gasteiger partial charge on any atom is 0.269 e. The van der Waals surface area contributed by atoms with Gasteiger partial charge in [0, 0.05) is 44.9 Å². The second-order valence-corrected chi connectivity index (χ2v) is 6.55. The number of carbonyl (C=O) groups is 1. The van der Waals surface area contributed by atoms with Crippen LogP contribution in [0.4, 0.5) is 5.95 Å². The molecule has 1 amide bonds. The van der Waals surface area contributed by atoms with E-state index < -0.39 is 5.60 Å². The third-order valence-corrected chi connectivity index (χ3v) is 4.77. The fraction of sp³-hybridized carbons (Fsp3) is 0.625. The number of anilines is 1. The van der Waals surface area contributed by atoms with Crippen molar-refractivity contribution in [1.82, 2.24) is 15.3 Å². The largest absolute Gasteiger partial charge is 0.386 e. The molecule has 8 heteroatoms. The highest BCUT2D eigenvalue weighted by Gasteiger charge is 2.47. The first-order valence-corrected chi connectivity index (χ1v) is 8.41. The van der Waals surface area contributed by atoms with E-state index in [-0.39, 0.29) is 12.0 Å². The van der Waals surface area contributed by atoms with Gasteiger partial charge < -0.3 is 19.8 Å². The fourth-order valence-electron chi connectivity index (χ4n) is 3.45. The van der Waals surface area contributed by atoms with Gasteiger partial charge in [0.2, 0.25) is 5.95 Å². The van der Waals surface area contributed by atoms with Crippen LogP contribution >= 0.6 is 0 Å². The van der Waals surface area contributed by atoms with Gasteiger partial charge >= 0.3 is 0 Å². The fourth-order valence-corrected chi connectivity index (χ4v) is 3.45. The van der Waals surface area contributed by atoms with Crippen LogP contribution in [0.1, 0.15) is 25.7 Å². The lowest BCUT2D eigenvalue weighted by atomic mass is 9.96. The van der Waals surface area contributed by atoms with E-state index in [0.29, 0.717) is 31.2 Å².